The Morgan fingerprint density at radius 2 is 1.07 bits per heavy atom. The summed E-state index contributed by atoms with van der Waals surface area (Å²) in [5.41, 5.74) is 8.74. The Kier molecular flexibility index (Phi) is 5.72. The minimum Gasteiger partial charge on any atom is -0.456 e. The van der Waals surface area contributed by atoms with Crippen LogP contribution in [-0.4, -0.2) is 23.6 Å². The molecular formula is C40H27N3O2. The Labute approximate surface area is 259 Å². The van der Waals surface area contributed by atoms with Gasteiger partial charge in [-0.1, -0.05) is 97.1 Å². The van der Waals surface area contributed by atoms with E-state index < -0.39 is 0 Å². The van der Waals surface area contributed by atoms with Gasteiger partial charge in [0.15, 0.2) is 5.84 Å². The van der Waals surface area contributed by atoms with Crippen molar-refractivity contribution < 1.29 is 8.83 Å². The van der Waals surface area contributed by atoms with Gasteiger partial charge in [0, 0.05) is 39.7 Å². The Bertz CT molecular complexity index is 2450. The number of fused-ring (bicyclic) bond motifs is 6. The molecule has 0 fully saturated rings. The van der Waals surface area contributed by atoms with E-state index in [0.29, 0.717) is 5.84 Å². The van der Waals surface area contributed by atoms with Gasteiger partial charge in [-0.25, -0.2) is 9.98 Å². The molecule has 0 amide bonds. The fourth-order valence-corrected chi connectivity index (χ4v) is 6.45. The molecule has 0 aliphatic carbocycles. The lowest BCUT2D eigenvalue weighted by molar-refractivity contribution is 0.383. The lowest BCUT2D eigenvalue weighted by atomic mass is 10.0. The SMILES string of the molecule is CN1C(c2ccccc2)=NC(c2ccc3c(c2)oc2cc(-c4ccc5oc6ccccc6c5c4)ccc23)=NC1c1ccccc1. The number of aliphatic imine (C=N–C) groups is 2. The number of rotatable bonds is 4. The molecule has 2 aromatic heterocycles. The van der Waals surface area contributed by atoms with Crippen molar-refractivity contribution in [3.8, 4) is 11.1 Å². The van der Waals surface area contributed by atoms with E-state index in [2.05, 4.69) is 109 Å². The van der Waals surface area contributed by atoms with Crippen LogP contribution in [0.3, 0.4) is 0 Å². The summed E-state index contributed by atoms with van der Waals surface area (Å²) in [6, 6.07) is 47.9. The van der Waals surface area contributed by atoms with Gasteiger partial charge < -0.3 is 13.7 Å². The summed E-state index contributed by atoms with van der Waals surface area (Å²) in [5.74, 6) is 1.57. The molecule has 6 aromatic carbocycles. The maximum Gasteiger partial charge on any atom is 0.159 e. The Morgan fingerprint density at radius 3 is 1.87 bits per heavy atom. The van der Waals surface area contributed by atoms with Crippen molar-refractivity contribution in [1.82, 2.24) is 4.90 Å². The van der Waals surface area contributed by atoms with E-state index in [1.165, 1.54) is 0 Å². The van der Waals surface area contributed by atoms with Gasteiger partial charge in [0.05, 0.1) is 0 Å². The average molecular weight is 582 g/mol. The molecule has 1 aliphatic heterocycles. The standard InChI is InChI=1S/C40H27N3O2/c1-43-39(25-10-4-2-5-11-25)41-38(42-40(43)26-12-6-3-7-13-26)29-17-20-32-31-19-16-28(23-36(31)45-37(32)24-29)27-18-21-35-33(22-27)30-14-8-9-15-34(30)44-35/h2-24,39H,1H3. The number of amidine groups is 2. The van der Waals surface area contributed by atoms with Crippen LogP contribution in [0, 0.1) is 0 Å². The zero-order valence-corrected chi connectivity index (χ0v) is 24.5. The predicted molar refractivity (Wildman–Crippen MR) is 183 cm³/mol. The molecule has 0 spiro atoms. The van der Waals surface area contributed by atoms with Crippen molar-refractivity contribution in [2.24, 2.45) is 9.98 Å². The molecule has 0 N–H and O–H groups in total. The third kappa shape index (κ3) is 4.24. The van der Waals surface area contributed by atoms with E-state index in [-0.39, 0.29) is 6.17 Å². The van der Waals surface area contributed by atoms with Gasteiger partial charge in [0.2, 0.25) is 0 Å². The van der Waals surface area contributed by atoms with Gasteiger partial charge in [-0.15, -0.1) is 0 Å². The van der Waals surface area contributed by atoms with E-state index in [1.54, 1.807) is 0 Å². The number of para-hydroxylation sites is 1. The van der Waals surface area contributed by atoms with Crippen molar-refractivity contribution in [2.75, 3.05) is 7.05 Å². The van der Waals surface area contributed by atoms with Gasteiger partial charge in [0.25, 0.3) is 0 Å². The highest BCUT2D eigenvalue weighted by atomic mass is 16.3. The molecule has 45 heavy (non-hydrogen) atoms. The van der Waals surface area contributed by atoms with Gasteiger partial charge in [-0.05, 0) is 59.2 Å². The first kappa shape index (κ1) is 25.5. The van der Waals surface area contributed by atoms with Gasteiger partial charge in [-0.3, -0.25) is 0 Å². The lowest BCUT2D eigenvalue weighted by Gasteiger charge is -2.32. The van der Waals surface area contributed by atoms with Crippen molar-refractivity contribution in [3.63, 3.8) is 0 Å². The highest BCUT2D eigenvalue weighted by Gasteiger charge is 2.27. The Hall–Kier alpha value is -5.94. The summed E-state index contributed by atoms with van der Waals surface area (Å²) >= 11 is 0. The third-order valence-electron chi connectivity index (χ3n) is 8.73. The van der Waals surface area contributed by atoms with Crippen LogP contribution >= 0.6 is 0 Å². The third-order valence-corrected chi connectivity index (χ3v) is 8.73. The van der Waals surface area contributed by atoms with Crippen LogP contribution in [0.25, 0.3) is 55.0 Å². The number of benzene rings is 6. The maximum absolute atomic E-state index is 6.50. The average Bonchev–Trinajstić information content (AvgIpc) is 3.66. The molecule has 1 atom stereocenters. The lowest BCUT2D eigenvalue weighted by Crippen LogP contribution is -2.35. The largest absolute Gasteiger partial charge is 0.456 e. The number of hydrogen-bond acceptors (Lipinski definition) is 5. The zero-order chi connectivity index (χ0) is 29.9. The fraction of sp³-hybridized carbons (Fsp3) is 0.0500. The van der Waals surface area contributed by atoms with Crippen LogP contribution in [0.5, 0.6) is 0 Å². The van der Waals surface area contributed by atoms with Crippen LogP contribution in [0.1, 0.15) is 22.9 Å². The highest BCUT2D eigenvalue weighted by Crippen LogP contribution is 2.36. The summed E-state index contributed by atoms with van der Waals surface area (Å²) in [5, 5.41) is 4.38. The second kappa shape index (κ2) is 10.1. The summed E-state index contributed by atoms with van der Waals surface area (Å²) in [6.45, 7) is 0. The fourth-order valence-electron chi connectivity index (χ4n) is 6.45. The summed E-state index contributed by atoms with van der Waals surface area (Å²) < 4.78 is 12.5. The molecule has 1 unspecified atom stereocenters. The van der Waals surface area contributed by atoms with Crippen LogP contribution in [-0.2, 0) is 0 Å². The number of furan rings is 2. The molecule has 214 valence electrons. The highest BCUT2D eigenvalue weighted by molar-refractivity contribution is 6.15. The monoisotopic (exact) mass is 581 g/mol. The molecule has 3 heterocycles. The Balaban J connectivity index is 1.13. The second-order valence-electron chi connectivity index (χ2n) is 11.5. The first-order chi connectivity index (χ1) is 22.2. The molecular weight excluding hydrogens is 554 g/mol. The van der Waals surface area contributed by atoms with Crippen LogP contribution < -0.4 is 0 Å². The van der Waals surface area contributed by atoms with E-state index >= 15 is 0 Å². The van der Waals surface area contributed by atoms with Crippen molar-refractivity contribution in [1.29, 1.82) is 0 Å². The number of nitrogens with zero attached hydrogens (tertiary/aromatic N) is 3. The zero-order valence-electron chi connectivity index (χ0n) is 24.5. The molecule has 5 nitrogen and oxygen atoms in total. The van der Waals surface area contributed by atoms with Crippen molar-refractivity contribution >= 4 is 55.5 Å². The Morgan fingerprint density at radius 1 is 0.489 bits per heavy atom. The molecule has 5 heteroatoms. The number of hydrogen-bond donors (Lipinski definition) is 0. The minimum absolute atomic E-state index is 0.201. The van der Waals surface area contributed by atoms with Gasteiger partial charge in [-0.2, -0.15) is 0 Å². The van der Waals surface area contributed by atoms with E-state index in [1.807, 2.05) is 42.5 Å². The van der Waals surface area contributed by atoms with Gasteiger partial charge in [0.1, 0.15) is 34.3 Å². The first-order valence-electron chi connectivity index (χ1n) is 15.1. The molecule has 0 radical (unpaired) electrons. The van der Waals surface area contributed by atoms with Crippen molar-refractivity contribution in [2.45, 2.75) is 6.17 Å². The van der Waals surface area contributed by atoms with Crippen LogP contribution in [0.15, 0.2) is 158 Å². The maximum atomic E-state index is 6.50. The van der Waals surface area contributed by atoms with Crippen LogP contribution in [0.4, 0.5) is 0 Å². The second-order valence-corrected chi connectivity index (χ2v) is 11.5. The quantitative estimate of drug-likeness (QED) is 0.208. The van der Waals surface area contributed by atoms with E-state index in [4.69, 9.17) is 18.8 Å². The van der Waals surface area contributed by atoms with E-state index in [0.717, 1.165) is 77.5 Å². The smallest absolute Gasteiger partial charge is 0.159 e. The molecule has 0 saturated carbocycles. The molecule has 0 saturated heterocycles. The van der Waals surface area contributed by atoms with E-state index in [9.17, 15) is 0 Å². The molecule has 9 rings (SSSR count). The summed E-state index contributed by atoms with van der Waals surface area (Å²) in [4.78, 5) is 12.4. The minimum atomic E-state index is -0.201. The van der Waals surface area contributed by atoms with Gasteiger partial charge >= 0.3 is 0 Å². The summed E-state index contributed by atoms with van der Waals surface area (Å²) in [6.07, 6.45) is -0.201. The summed E-state index contributed by atoms with van der Waals surface area (Å²) in [7, 11) is 2.05. The topological polar surface area (TPSA) is 54.2 Å². The van der Waals surface area contributed by atoms with Crippen molar-refractivity contribution in [3.05, 3.63) is 156 Å². The molecule has 8 aromatic rings. The van der Waals surface area contributed by atoms with Crippen LogP contribution in [0.2, 0.25) is 0 Å². The molecule has 1 aliphatic rings. The predicted octanol–water partition coefficient (Wildman–Crippen LogP) is 9.99. The normalized spacial score (nSPS) is 15.2. The molecule has 0 bridgehead atoms. The first-order valence-corrected chi connectivity index (χ1v) is 15.1.